The molecule has 2 fully saturated rings. The maximum Gasteiger partial charge on any atom is 0.251 e. The van der Waals surface area contributed by atoms with Crippen molar-refractivity contribution in [3.63, 3.8) is 0 Å². The number of piperazine rings is 1. The monoisotopic (exact) mass is 584 g/mol. The molecule has 2 amide bonds. The lowest BCUT2D eigenvalue weighted by Crippen LogP contribution is -2.55. The van der Waals surface area contributed by atoms with Gasteiger partial charge >= 0.3 is 0 Å². The van der Waals surface area contributed by atoms with Crippen LogP contribution in [0.15, 0.2) is 42.5 Å². The average molecular weight is 586 g/mol. The molecular weight excluding hydrogens is 554 g/mol. The van der Waals surface area contributed by atoms with Gasteiger partial charge in [0.2, 0.25) is 15.9 Å². The molecule has 2 aliphatic rings. The predicted octanol–water partition coefficient (Wildman–Crippen LogP) is 3.26. The Kier molecular flexibility index (Phi) is 9.31. The molecule has 1 aliphatic carbocycles. The van der Waals surface area contributed by atoms with E-state index in [1.165, 1.54) is 28.6 Å². The molecule has 4 rings (SSSR count). The highest BCUT2D eigenvalue weighted by Gasteiger charge is 2.38. The summed E-state index contributed by atoms with van der Waals surface area (Å²) < 4.78 is 38.2. The second-order valence-corrected chi connectivity index (χ2v) is 12.5. The highest BCUT2D eigenvalue weighted by molar-refractivity contribution is 7.88. The van der Waals surface area contributed by atoms with Crippen molar-refractivity contribution in [3.05, 3.63) is 69.5 Å². The second kappa shape index (κ2) is 12.3. The Morgan fingerprint density at radius 2 is 1.74 bits per heavy atom. The summed E-state index contributed by atoms with van der Waals surface area (Å²) in [6.07, 6.45) is 3.15. The Morgan fingerprint density at radius 3 is 2.37 bits per heavy atom. The summed E-state index contributed by atoms with van der Waals surface area (Å²) >= 11 is 12.0. The molecule has 1 saturated carbocycles. The smallest absolute Gasteiger partial charge is 0.251 e. The normalized spacial score (nSPS) is 20.7. The van der Waals surface area contributed by atoms with Crippen LogP contribution in [-0.4, -0.2) is 80.5 Å². The number of hydrogen-bond donors (Lipinski definition) is 2. The summed E-state index contributed by atoms with van der Waals surface area (Å²) in [6, 6.07) is 10.6. The Bertz CT molecular complexity index is 1270. The molecule has 0 radical (unpaired) electrons. The molecule has 0 bridgehead atoms. The first-order chi connectivity index (χ1) is 18.0. The lowest BCUT2D eigenvalue weighted by atomic mass is 10.1. The van der Waals surface area contributed by atoms with Gasteiger partial charge in [0, 0.05) is 43.7 Å². The number of sulfonamides is 1. The molecule has 1 aliphatic heterocycles. The van der Waals surface area contributed by atoms with E-state index in [0.29, 0.717) is 36.4 Å². The first-order valence-corrected chi connectivity index (χ1v) is 15.1. The Balaban J connectivity index is 1.34. The number of hydrogen-bond acceptors (Lipinski definition) is 5. The first-order valence-electron chi connectivity index (χ1n) is 12.5. The van der Waals surface area contributed by atoms with Crippen LogP contribution in [-0.2, 0) is 14.8 Å². The quantitative estimate of drug-likeness (QED) is 0.418. The van der Waals surface area contributed by atoms with Gasteiger partial charge in [0.05, 0.1) is 16.3 Å². The van der Waals surface area contributed by atoms with Crippen LogP contribution in [0.1, 0.15) is 41.1 Å². The summed E-state index contributed by atoms with van der Waals surface area (Å²) in [6.45, 7) is 1.59. The minimum atomic E-state index is -3.33. The van der Waals surface area contributed by atoms with E-state index in [4.69, 9.17) is 23.2 Å². The zero-order valence-electron chi connectivity index (χ0n) is 21.0. The average Bonchev–Trinajstić information content (AvgIpc) is 3.66. The number of nitrogens with one attached hydrogen (secondary N) is 2. The summed E-state index contributed by atoms with van der Waals surface area (Å²) in [5.41, 5.74) is 1.39. The Labute approximate surface area is 232 Å². The Hall–Kier alpha value is -2.24. The van der Waals surface area contributed by atoms with Crippen LogP contribution in [0.2, 0.25) is 10.0 Å². The molecule has 2 aromatic rings. The van der Waals surface area contributed by atoms with E-state index in [1.807, 2.05) is 0 Å². The molecule has 0 spiro atoms. The van der Waals surface area contributed by atoms with Crippen molar-refractivity contribution in [1.29, 1.82) is 0 Å². The van der Waals surface area contributed by atoms with Crippen molar-refractivity contribution in [2.45, 2.75) is 37.3 Å². The highest BCUT2D eigenvalue weighted by Crippen LogP contribution is 2.40. The van der Waals surface area contributed by atoms with E-state index in [2.05, 4.69) is 10.6 Å². The van der Waals surface area contributed by atoms with E-state index >= 15 is 0 Å². The number of benzene rings is 2. The van der Waals surface area contributed by atoms with Gasteiger partial charge in [-0.25, -0.2) is 12.8 Å². The SMILES string of the molecule is CS(=O)(=O)N1CCN(C(=O)[C@H](CCCN[C@@H]2C[C@H]2c2ccc(F)cc2)NC(=O)c2ccc(Cl)c(Cl)c2)CC1. The summed E-state index contributed by atoms with van der Waals surface area (Å²) in [5.74, 6) is -0.603. The van der Waals surface area contributed by atoms with Gasteiger partial charge in [0.25, 0.3) is 5.91 Å². The van der Waals surface area contributed by atoms with E-state index < -0.39 is 22.0 Å². The van der Waals surface area contributed by atoms with Gasteiger partial charge < -0.3 is 15.5 Å². The van der Waals surface area contributed by atoms with Gasteiger partial charge in [-0.15, -0.1) is 0 Å². The van der Waals surface area contributed by atoms with Crippen LogP contribution in [0.5, 0.6) is 0 Å². The number of amides is 2. The maximum atomic E-state index is 13.4. The van der Waals surface area contributed by atoms with E-state index in [-0.39, 0.29) is 48.5 Å². The van der Waals surface area contributed by atoms with Crippen molar-refractivity contribution < 1.29 is 22.4 Å². The molecule has 8 nitrogen and oxygen atoms in total. The highest BCUT2D eigenvalue weighted by atomic mass is 35.5. The van der Waals surface area contributed by atoms with Gasteiger partial charge in [-0.05, 0) is 61.7 Å². The minimum absolute atomic E-state index is 0.214. The molecule has 1 heterocycles. The predicted molar refractivity (Wildman–Crippen MR) is 145 cm³/mol. The third-order valence-corrected chi connectivity index (χ3v) is 9.01. The second-order valence-electron chi connectivity index (χ2n) is 9.74. The molecule has 38 heavy (non-hydrogen) atoms. The zero-order chi connectivity index (χ0) is 27.4. The van der Waals surface area contributed by atoms with E-state index in [1.54, 1.807) is 23.1 Å². The van der Waals surface area contributed by atoms with Gasteiger partial charge in [0.1, 0.15) is 11.9 Å². The molecule has 206 valence electrons. The van der Waals surface area contributed by atoms with Gasteiger partial charge in [0.15, 0.2) is 0 Å². The van der Waals surface area contributed by atoms with Crippen LogP contribution >= 0.6 is 23.2 Å². The van der Waals surface area contributed by atoms with Crippen molar-refractivity contribution in [1.82, 2.24) is 19.8 Å². The zero-order valence-corrected chi connectivity index (χ0v) is 23.3. The van der Waals surface area contributed by atoms with Gasteiger partial charge in [-0.2, -0.15) is 4.31 Å². The molecule has 2 N–H and O–H groups in total. The molecular formula is C26H31Cl2FN4O4S. The van der Waals surface area contributed by atoms with Gasteiger partial charge in [-0.3, -0.25) is 9.59 Å². The number of rotatable bonds is 10. The minimum Gasteiger partial charge on any atom is -0.340 e. The van der Waals surface area contributed by atoms with E-state index in [9.17, 15) is 22.4 Å². The van der Waals surface area contributed by atoms with Crippen molar-refractivity contribution in [2.24, 2.45) is 0 Å². The van der Waals surface area contributed by atoms with Crippen LogP contribution in [0.25, 0.3) is 0 Å². The van der Waals surface area contributed by atoms with Crippen LogP contribution in [0, 0.1) is 5.82 Å². The van der Waals surface area contributed by atoms with Crippen molar-refractivity contribution in [2.75, 3.05) is 39.0 Å². The van der Waals surface area contributed by atoms with E-state index in [0.717, 1.165) is 18.2 Å². The molecule has 1 saturated heterocycles. The van der Waals surface area contributed by atoms with Crippen LogP contribution in [0.4, 0.5) is 4.39 Å². The number of nitrogens with zero attached hydrogens (tertiary/aromatic N) is 2. The number of carbonyl (C=O) groups is 2. The van der Waals surface area contributed by atoms with Crippen LogP contribution in [0.3, 0.4) is 0 Å². The lowest BCUT2D eigenvalue weighted by molar-refractivity contribution is -0.134. The fraction of sp³-hybridized carbons (Fsp3) is 0.462. The summed E-state index contributed by atoms with van der Waals surface area (Å²) in [5, 5.41) is 6.88. The summed E-state index contributed by atoms with van der Waals surface area (Å²) in [7, 11) is -3.33. The molecule has 0 unspecified atom stereocenters. The first kappa shape index (κ1) is 28.8. The van der Waals surface area contributed by atoms with Gasteiger partial charge in [-0.1, -0.05) is 35.3 Å². The number of halogens is 3. The third-order valence-electron chi connectivity index (χ3n) is 6.97. The molecule has 2 aromatic carbocycles. The van der Waals surface area contributed by atoms with Crippen molar-refractivity contribution in [3.8, 4) is 0 Å². The maximum absolute atomic E-state index is 13.4. The molecule has 12 heteroatoms. The number of carbonyl (C=O) groups excluding carboxylic acids is 2. The van der Waals surface area contributed by atoms with Crippen molar-refractivity contribution >= 4 is 45.0 Å². The third kappa shape index (κ3) is 7.45. The standard InChI is InChI=1S/C26H31Cl2FN4O4S/c1-38(36,37)33-13-11-32(12-14-33)26(35)23(31-25(34)18-6-9-21(27)22(28)15-18)3-2-10-30-24-16-20(24)17-4-7-19(29)8-5-17/h4-9,15,20,23-24,30H,2-3,10-14,16H2,1H3,(H,31,34)/t20-,23-,24+/m0/s1. The molecule has 0 aromatic heterocycles. The fourth-order valence-electron chi connectivity index (χ4n) is 4.69. The van der Waals surface area contributed by atoms with Crippen LogP contribution < -0.4 is 10.6 Å². The Morgan fingerprint density at radius 1 is 1.05 bits per heavy atom. The lowest BCUT2D eigenvalue weighted by Gasteiger charge is -2.35. The summed E-state index contributed by atoms with van der Waals surface area (Å²) in [4.78, 5) is 27.9. The largest absolute Gasteiger partial charge is 0.340 e. The fourth-order valence-corrected chi connectivity index (χ4v) is 5.81. The topological polar surface area (TPSA) is 98.8 Å². The molecule has 3 atom stereocenters.